The monoisotopic (exact) mass is 838 g/mol. The zero-order chi connectivity index (χ0) is 43.3. The quantitative estimate of drug-likeness (QED) is 0.0372. The van der Waals surface area contributed by atoms with Crippen molar-refractivity contribution in [3.8, 4) is 0 Å². The molecule has 14 nitrogen and oxygen atoms in total. The average molecular weight is 838 g/mol. The molecule has 2 aliphatic heterocycles. The molecule has 0 spiro atoms. The van der Waals surface area contributed by atoms with E-state index in [-0.39, 0.29) is 18.9 Å². The van der Waals surface area contributed by atoms with E-state index in [1.807, 2.05) is 18.2 Å². The molecule has 12 atom stereocenters. The van der Waals surface area contributed by atoms with Crippen molar-refractivity contribution in [2.24, 2.45) is 0 Å². The summed E-state index contributed by atoms with van der Waals surface area (Å²) >= 11 is 0. The van der Waals surface area contributed by atoms with Crippen LogP contribution in [-0.4, -0.2) is 140 Å². The fourth-order valence-electron chi connectivity index (χ4n) is 6.55. The third-order valence-corrected chi connectivity index (χ3v) is 10.1. The van der Waals surface area contributed by atoms with Crippen molar-refractivity contribution in [2.45, 2.75) is 184 Å². The lowest BCUT2D eigenvalue weighted by Gasteiger charge is -2.46. The summed E-state index contributed by atoms with van der Waals surface area (Å²) in [6.45, 7) is 2.53. The number of aliphatic hydroxyl groups is 8. The molecule has 2 fully saturated rings. The van der Waals surface area contributed by atoms with Gasteiger partial charge >= 0.3 is 0 Å². The molecule has 0 saturated carbocycles. The predicted octanol–water partition coefficient (Wildman–Crippen LogP) is 3.70. The Kier molecular flexibility index (Phi) is 28.7. The third-order valence-electron chi connectivity index (χ3n) is 10.1. The maximum Gasteiger partial charge on any atom is 0.220 e. The molecule has 0 aromatic carbocycles. The fourth-order valence-corrected chi connectivity index (χ4v) is 6.55. The number of carbonyl (C=O) groups excluding carboxylic acids is 1. The van der Waals surface area contributed by atoms with Crippen LogP contribution in [0.1, 0.15) is 110 Å². The highest BCUT2D eigenvalue weighted by Crippen LogP contribution is 2.29. The second-order valence-corrected chi connectivity index (χ2v) is 15.1. The van der Waals surface area contributed by atoms with Gasteiger partial charge in [-0.1, -0.05) is 119 Å². The molecule has 0 aromatic heterocycles. The van der Waals surface area contributed by atoms with Gasteiger partial charge in [0.1, 0.15) is 48.8 Å². The van der Waals surface area contributed by atoms with E-state index < -0.39 is 86.8 Å². The minimum absolute atomic E-state index is 0.148. The molecule has 1 amide bonds. The zero-order valence-corrected chi connectivity index (χ0v) is 35.2. The number of aliphatic hydroxyl groups excluding tert-OH is 8. The van der Waals surface area contributed by atoms with Crippen molar-refractivity contribution >= 4 is 5.91 Å². The van der Waals surface area contributed by atoms with E-state index in [2.05, 4.69) is 67.8 Å². The Bertz CT molecular complexity index is 1270. The number of ether oxygens (including phenoxy) is 4. The van der Waals surface area contributed by atoms with Gasteiger partial charge in [-0.3, -0.25) is 4.79 Å². The second-order valence-electron chi connectivity index (χ2n) is 15.1. The first-order chi connectivity index (χ1) is 28.6. The summed E-state index contributed by atoms with van der Waals surface area (Å²) in [7, 11) is 0. The molecular formula is C45H75NO13. The maximum atomic E-state index is 13.0. The van der Waals surface area contributed by atoms with Crippen LogP contribution in [0.4, 0.5) is 0 Å². The van der Waals surface area contributed by atoms with Crippen LogP contribution in [0.15, 0.2) is 72.9 Å². The first-order valence-corrected chi connectivity index (χ1v) is 21.7. The van der Waals surface area contributed by atoms with E-state index in [1.165, 1.54) is 38.5 Å². The van der Waals surface area contributed by atoms with Crippen molar-refractivity contribution < 1.29 is 64.6 Å². The number of hydrogen-bond acceptors (Lipinski definition) is 13. The minimum atomic E-state index is -1.80. The highest BCUT2D eigenvalue weighted by atomic mass is 16.7. The predicted molar refractivity (Wildman–Crippen MR) is 226 cm³/mol. The molecule has 2 rings (SSSR count). The summed E-state index contributed by atoms with van der Waals surface area (Å²) in [5.74, 6) is -0.336. The molecule has 338 valence electrons. The summed E-state index contributed by atoms with van der Waals surface area (Å²) in [6.07, 6.45) is 21.2. The molecule has 0 aliphatic carbocycles. The Morgan fingerprint density at radius 1 is 0.627 bits per heavy atom. The SMILES string of the molecule is CC/C=C\C/C=C\C/C=C\C/C=C\CCC(=O)NC(COC1OC(CO)C(OC2OC(CO)C(O)C(O)C2O)C(O)C1O)C(O)/C=C/CC/C=C/CCCCCCCC. The lowest BCUT2D eigenvalue weighted by atomic mass is 9.97. The van der Waals surface area contributed by atoms with E-state index in [1.54, 1.807) is 6.08 Å². The van der Waals surface area contributed by atoms with Gasteiger partial charge in [0.05, 0.1) is 32.0 Å². The Balaban J connectivity index is 1.98. The van der Waals surface area contributed by atoms with Gasteiger partial charge in [-0.2, -0.15) is 0 Å². The molecule has 59 heavy (non-hydrogen) atoms. The first kappa shape index (κ1) is 52.6. The van der Waals surface area contributed by atoms with Crippen LogP contribution in [0.5, 0.6) is 0 Å². The van der Waals surface area contributed by atoms with Gasteiger partial charge < -0.3 is 65.1 Å². The maximum absolute atomic E-state index is 13.0. The summed E-state index contributed by atoms with van der Waals surface area (Å²) in [6, 6.07) is -0.969. The zero-order valence-electron chi connectivity index (χ0n) is 35.2. The molecule has 9 N–H and O–H groups in total. The summed E-state index contributed by atoms with van der Waals surface area (Å²) in [4.78, 5) is 13.0. The van der Waals surface area contributed by atoms with E-state index in [9.17, 15) is 45.6 Å². The van der Waals surface area contributed by atoms with Crippen LogP contribution in [0, 0.1) is 0 Å². The van der Waals surface area contributed by atoms with Crippen molar-refractivity contribution in [2.75, 3.05) is 19.8 Å². The number of hydrogen-bond donors (Lipinski definition) is 9. The van der Waals surface area contributed by atoms with Crippen molar-refractivity contribution in [3.05, 3.63) is 72.9 Å². The van der Waals surface area contributed by atoms with Gasteiger partial charge in [-0.25, -0.2) is 0 Å². The van der Waals surface area contributed by atoms with Gasteiger partial charge in [0.15, 0.2) is 12.6 Å². The second kappa shape index (κ2) is 32.2. The van der Waals surface area contributed by atoms with Crippen LogP contribution < -0.4 is 5.32 Å². The normalized spacial score (nSPS) is 29.3. The standard InChI is InChI=1S/C45H75NO13/c1-3-5-7-9-11-13-15-17-19-21-23-25-27-29-37(50)46-33(34(49)28-26-24-22-20-18-16-14-12-10-8-6-4-2)32-56-44-42(55)40(53)43(36(31-48)58-44)59-45-41(54)39(52)38(51)35(30-47)57-45/h5,7,11,13,17-20,23,25-26,28,33-36,38-45,47-49,51-55H,3-4,6,8-10,12,14-16,21-22,24,27,29-32H2,1-2H3,(H,46,50)/b7-5-,13-11-,19-17-,20-18+,25-23-,28-26+. The molecule has 0 bridgehead atoms. The Morgan fingerprint density at radius 3 is 1.85 bits per heavy atom. The highest BCUT2D eigenvalue weighted by molar-refractivity contribution is 5.76. The van der Waals surface area contributed by atoms with Gasteiger partial charge in [0.2, 0.25) is 5.91 Å². The first-order valence-electron chi connectivity index (χ1n) is 21.7. The van der Waals surface area contributed by atoms with Crippen LogP contribution in [0.3, 0.4) is 0 Å². The van der Waals surface area contributed by atoms with Crippen LogP contribution in [0.2, 0.25) is 0 Å². The van der Waals surface area contributed by atoms with Gasteiger partial charge in [-0.15, -0.1) is 0 Å². The smallest absolute Gasteiger partial charge is 0.220 e. The van der Waals surface area contributed by atoms with Gasteiger partial charge in [0, 0.05) is 6.42 Å². The van der Waals surface area contributed by atoms with E-state index in [0.717, 1.165) is 38.5 Å². The van der Waals surface area contributed by atoms with E-state index >= 15 is 0 Å². The summed E-state index contributed by atoms with van der Waals surface area (Å²) in [5.41, 5.74) is 0. The van der Waals surface area contributed by atoms with Crippen LogP contribution in [0.25, 0.3) is 0 Å². The largest absolute Gasteiger partial charge is 0.394 e. The van der Waals surface area contributed by atoms with Gasteiger partial charge in [0.25, 0.3) is 0 Å². The number of nitrogens with one attached hydrogen (secondary N) is 1. The molecule has 0 radical (unpaired) electrons. The van der Waals surface area contributed by atoms with Crippen LogP contribution >= 0.6 is 0 Å². The molecule has 12 unspecified atom stereocenters. The average Bonchev–Trinajstić information content (AvgIpc) is 3.23. The number of allylic oxidation sites excluding steroid dienone is 11. The number of amides is 1. The lowest BCUT2D eigenvalue weighted by molar-refractivity contribution is -0.359. The van der Waals surface area contributed by atoms with E-state index in [0.29, 0.717) is 12.8 Å². The lowest BCUT2D eigenvalue weighted by Crippen LogP contribution is -2.65. The van der Waals surface area contributed by atoms with Crippen molar-refractivity contribution in [3.63, 3.8) is 0 Å². The minimum Gasteiger partial charge on any atom is -0.394 e. The van der Waals surface area contributed by atoms with Crippen molar-refractivity contribution in [1.82, 2.24) is 5.32 Å². The number of carbonyl (C=O) groups is 1. The molecule has 2 heterocycles. The van der Waals surface area contributed by atoms with Crippen molar-refractivity contribution in [1.29, 1.82) is 0 Å². The molecule has 2 aliphatic rings. The van der Waals surface area contributed by atoms with Gasteiger partial charge in [-0.05, 0) is 57.8 Å². The topological polar surface area (TPSA) is 228 Å². The highest BCUT2D eigenvalue weighted by Gasteiger charge is 2.50. The Hall–Kier alpha value is -2.57. The molecule has 2 saturated heterocycles. The molecule has 0 aromatic rings. The number of unbranched alkanes of at least 4 members (excludes halogenated alkanes) is 7. The molecule has 14 heteroatoms. The van der Waals surface area contributed by atoms with Crippen LogP contribution in [-0.2, 0) is 23.7 Å². The number of rotatable bonds is 30. The Labute approximate surface area is 351 Å². The summed E-state index contributed by atoms with van der Waals surface area (Å²) in [5, 5.41) is 86.2. The van der Waals surface area contributed by atoms with E-state index in [4.69, 9.17) is 18.9 Å². The third kappa shape index (κ3) is 20.7. The fraction of sp³-hybridized carbons (Fsp3) is 0.711. The molecular weight excluding hydrogens is 762 g/mol. The summed E-state index contributed by atoms with van der Waals surface area (Å²) < 4.78 is 22.5. The Morgan fingerprint density at radius 2 is 1.19 bits per heavy atom.